The van der Waals surface area contributed by atoms with Crippen molar-refractivity contribution in [2.45, 2.75) is 38.6 Å². The largest absolute Gasteiger partial charge is 0.327 e. The van der Waals surface area contributed by atoms with Crippen LogP contribution in [0, 0.1) is 5.92 Å². The molecule has 2 heteroatoms. The quantitative estimate of drug-likeness (QED) is 0.708. The van der Waals surface area contributed by atoms with Crippen LogP contribution in [0.2, 0.25) is 0 Å². The molecule has 0 aromatic carbocycles. The Kier molecular flexibility index (Phi) is 4.31. The topological polar surface area (TPSA) is 26.0 Å². The van der Waals surface area contributed by atoms with Gasteiger partial charge in [-0.25, -0.2) is 0 Å². The van der Waals surface area contributed by atoms with E-state index in [1.54, 1.807) is 0 Å². The van der Waals surface area contributed by atoms with E-state index in [1.165, 1.54) is 37.2 Å². The van der Waals surface area contributed by atoms with Crippen LogP contribution in [0.25, 0.3) is 0 Å². The zero-order valence-corrected chi connectivity index (χ0v) is 8.20. The minimum atomic E-state index is 0.486. The summed E-state index contributed by atoms with van der Waals surface area (Å²) >= 11 is 2.02. The number of hydrogen-bond acceptors (Lipinski definition) is 2. The molecule has 1 saturated heterocycles. The number of thioether (sulfide) groups is 1. The molecule has 2 atom stereocenters. The van der Waals surface area contributed by atoms with Crippen LogP contribution in [-0.2, 0) is 0 Å². The van der Waals surface area contributed by atoms with Gasteiger partial charge >= 0.3 is 0 Å². The lowest BCUT2D eigenvalue weighted by atomic mass is 9.92. The van der Waals surface area contributed by atoms with E-state index in [0.29, 0.717) is 6.04 Å². The molecule has 0 spiro atoms. The van der Waals surface area contributed by atoms with Gasteiger partial charge in [0.2, 0.25) is 0 Å². The maximum atomic E-state index is 6.00. The summed E-state index contributed by atoms with van der Waals surface area (Å²) in [6.07, 6.45) is 5.39. The second-order valence-corrected chi connectivity index (χ2v) is 4.58. The van der Waals surface area contributed by atoms with Crippen molar-refractivity contribution in [3.8, 4) is 0 Å². The fourth-order valence-electron chi connectivity index (χ4n) is 1.63. The second kappa shape index (κ2) is 5.04. The van der Waals surface area contributed by atoms with Crippen LogP contribution in [-0.4, -0.2) is 17.5 Å². The number of nitrogens with two attached hydrogens (primary N) is 1. The highest BCUT2D eigenvalue weighted by atomic mass is 32.2. The Morgan fingerprint density at radius 2 is 2.36 bits per heavy atom. The molecule has 0 saturated carbocycles. The Morgan fingerprint density at radius 1 is 1.55 bits per heavy atom. The monoisotopic (exact) mass is 173 g/mol. The normalized spacial score (nSPS) is 32.2. The van der Waals surface area contributed by atoms with Crippen molar-refractivity contribution in [3.63, 3.8) is 0 Å². The van der Waals surface area contributed by atoms with Crippen molar-refractivity contribution in [2.24, 2.45) is 11.7 Å². The summed E-state index contributed by atoms with van der Waals surface area (Å²) in [5, 5.41) is 0. The molecular weight excluding hydrogens is 154 g/mol. The minimum absolute atomic E-state index is 0.486. The fraction of sp³-hybridized carbons (Fsp3) is 1.00. The van der Waals surface area contributed by atoms with E-state index >= 15 is 0 Å². The fourth-order valence-corrected chi connectivity index (χ4v) is 2.81. The van der Waals surface area contributed by atoms with Gasteiger partial charge in [0.05, 0.1) is 0 Å². The summed E-state index contributed by atoms with van der Waals surface area (Å²) in [6.45, 7) is 2.25. The first kappa shape index (κ1) is 9.40. The molecule has 1 nitrogen and oxygen atoms in total. The number of hydrogen-bond donors (Lipinski definition) is 1. The van der Waals surface area contributed by atoms with Gasteiger partial charge in [0.1, 0.15) is 0 Å². The average Bonchev–Trinajstić information content (AvgIpc) is 2.03. The lowest BCUT2D eigenvalue weighted by Gasteiger charge is -2.27. The van der Waals surface area contributed by atoms with Crippen LogP contribution in [0.5, 0.6) is 0 Å². The van der Waals surface area contributed by atoms with E-state index < -0.39 is 0 Å². The molecule has 0 aliphatic carbocycles. The molecule has 0 radical (unpaired) electrons. The van der Waals surface area contributed by atoms with Crippen molar-refractivity contribution < 1.29 is 0 Å². The molecule has 0 bridgehead atoms. The minimum Gasteiger partial charge on any atom is -0.327 e. The summed E-state index contributed by atoms with van der Waals surface area (Å²) in [4.78, 5) is 0. The lowest BCUT2D eigenvalue weighted by molar-refractivity contribution is 0.387. The summed E-state index contributed by atoms with van der Waals surface area (Å²) < 4.78 is 0. The second-order valence-electron chi connectivity index (χ2n) is 3.43. The highest BCUT2D eigenvalue weighted by molar-refractivity contribution is 7.99. The third kappa shape index (κ3) is 3.04. The van der Waals surface area contributed by atoms with E-state index in [-0.39, 0.29) is 0 Å². The number of rotatable bonds is 3. The van der Waals surface area contributed by atoms with Gasteiger partial charge in [-0.3, -0.25) is 0 Å². The van der Waals surface area contributed by atoms with Crippen LogP contribution in [0.4, 0.5) is 0 Å². The Hall–Kier alpha value is 0.310. The molecule has 66 valence electrons. The van der Waals surface area contributed by atoms with E-state index in [9.17, 15) is 0 Å². The molecule has 1 rings (SSSR count). The first-order valence-corrected chi connectivity index (χ1v) is 5.83. The van der Waals surface area contributed by atoms with Gasteiger partial charge in [0, 0.05) is 11.8 Å². The smallest absolute Gasteiger partial charge is 0.0159 e. The predicted molar refractivity (Wildman–Crippen MR) is 52.9 cm³/mol. The van der Waals surface area contributed by atoms with Gasteiger partial charge in [-0.1, -0.05) is 19.8 Å². The van der Waals surface area contributed by atoms with Crippen LogP contribution < -0.4 is 5.73 Å². The molecule has 11 heavy (non-hydrogen) atoms. The summed E-state index contributed by atoms with van der Waals surface area (Å²) in [6, 6.07) is 0.486. The molecule has 0 amide bonds. The zero-order valence-electron chi connectivity index (χ0n) is 7.38. The molecular formula is C9H19NS. The summed E-state index contributed by atoms with van der Waals surface area (Å²) in [5.41, 5.74) is 6.00. The van der Waals surface area contributed by atoms with Gasteiger partial charge in [-0.15, -0.1) is 0 Å². The van der Waals surface area contributed by atoms with Gasteiger partial charge in [0.15, 0.2) is 0 Å². The van der Waals surface area contributed by atoms with Gasteiger partial charge in [-0.2, -0.15) is 11.8 Å². The first-order chi connectivity index (χ1) is 5.34. The lowest BCUT2D eigenvalue weighted by Crippen LogP contribution is -2.35. The van der Waals surface area contributed by atoms with Crippen molar-refractivity contribution in [3.05, 3.63) is 0 Å². The molecule has 1 aliphatic rings. The van der Waals surface area contributed by atoms with Crippen molar-refractivity contribution in [1.29, 1.82) is 0 Å². The van der Waals surface area contributed by atoms with E-state index in [1.807, 2.05) is 11.8 Å². The third-order valence-corrected chi connectivity index (χ3v) is 3.62. The molecule has 2 N–H and O–H groups in total. The Labute approximate surface area is 74.1 Å². The SMILES string of the molecule is CCCCC1CCSCC1N. The Bertz CT molecular complexity index is 106. The Balaban J connectivity index is 2.18. The Morgan fingerprint density at radius 3 is 3.00 bits per heavy atom. The molecule has 1 heterocycles. The van der Waals surface area contributed by atoms with Crippen molar-refractivity contribution in [1.82, 2.24) is 0 Å². The van der Waals surface area contributed by atoms with E-state index in [0.717, 1.165) is 5.92 Å². The van der Waals surface area contributed by atoms with Gasteiger partial charge in [-0.05, 0) is 24.5 Å². The van der Waals surface area contributed by atoms with Crippen LogP contribution >= 0.6 is 11.8 Å². The third-order valence-electron chi connectivity index (χ3n) is 2.48. The molecule has 0 aromatic heterocycles. The maximum Gasteiger partial charge on any atom is 0.0159 e. The van der Waals surface area contributed by atoms with Gasteiger partial charge in [0.25, 0.3) is 0 Å². The van der Waals surface area contributed by atoms with Crippen LogP contribution in [0.1, 0.15) is 32.6 Å². The predicted octanol–water partition coefficient (Wildman–Crippen LogP) is 2.26. The van der Waals surface area contributed by atoms with E-state index in [4.69, 9.17) is 5.73 Å². The zero-order chi connectivity index (χ0) is 8.10. The molecule has 0 aromatic rings. The van der Waals surface area contributed by atoms with Crippen molar-refractivity contribution in [2.75, 3.05) is 11.5 Å². The average molecular weight is 173 g/mol. The maximum absolute atomic E-state index is 6.00. The van der Waals surface area contributed by atoms with Crippen molar-refractivity contribution >= 4 is 11.8 Å². The van der Waals surface area contributed by atoms with Crippen LogP contribution in [0.15, 0.2) is 0 Å². The van der Waals surface area contributed by atoms with E-state index in [2.05, 4.69) is 6.92 Å². The summed E-state index contributed by atoms with van der Waals surface area (Å²) in [5.74, 6) is 3.35. The highest BCUT2D eigenvalue weighted by Gasteiger charge is 2.20. The first-order valence-electron chi connectivity index (χ1n) is 4.68. The molecule has 1 fully saturated rings. The summed E-state index contributed by atoms with van der Waals surface area (Å²) in [7, 11) is 0. The van der Waals surface area contributed by atoms with Crippen LogP contribution in [0.3, 0.4) is 0 Å². The molecule has 1 aliphatic heterocycles. The number of unbranched alkanes of at least 4 members (excludes halogenated alkanes) is 1. The molecule has 2 unspecified atom stereocenters. The standard InChI is InChI=1S/C9H19NS/c1-2-3-4-8-5-6-11-7-9(8)10/h8-9H,2-7,10H2,1H3. The highest BCUT2D eigenvalue weighted by Crippen LogP contribution is 2.25. The van der Waals surface area contributed by atoms with Gasteiger partial charge < -0.3 is 5.73 Å².